The van der Waals surface area contributed by atoms with Gasteiger partial charge < -0.3 is 16.0 Å². The maximum Gasteiger partial charge on any atom is 0.228 e. The monoisotopic (exact) mass is 293 g/mol. The molecular formula is C18H19N3O. The Morgan fingerprint density at radius 2 is 1.95 bits per heavy atom. The number of fused-ring (bicyclic) bond motifs is 1. The zero-order chi connectivity index (χ0) is 15.4. The highest BCUT2D eigenvalue weighted by atomic mass is 16.1. The summed E-state index contributed by atoms with van der Waals surface area (Å²) in [6.45, 7) is 0.617. The predicted molar refractivity (Wildman–Crippen MR) is 89.8 cm³/mol. The van der Waals surface area contributed by atoms with Crippen LogP contribution in [0.25, 0.3) is 10.9 Å². The molecule has 1 aromatic heterocycles. The first-order valence-electron chi connectivity index (χ1n) is 7.40. The average molecular weight is 293 g/mol. The maximum atomic E-state index is 12.1. The van der Waals surface area contributed by atoms with Gasteiger partial charge in [0.2, 0.25) is 5.91 Å². The highest BCUT2D eigenvalue weighted by molar-refractivity contribution is 5.93. The van der Waals surface area contributed by atoms with E-state index in [1.54, 1.807) is 0 Å². The van der Waals surface area contributed by atoms with Gasteiger partial charge in [0.05, 0.1) is 6.42 Å². The Labute approximate surface area is 129 Å². The molecule has 0 unspecified atom stereocenters. The van der Waals surface area contributed by atoms with Gasteiger partial charge in [0, 0.05) is 22.8 Å². The van der Waals surface area contributed by atoms with Crippen LogP contribution < -0.4 is 11.1 Å². The maximum absolute atomic E-state index is 12.1. The lowest BCUT2D eigenvalue weighted by Crippen LogP contribution is -2.14. The molecule has 112 valence electrons. The number of anilines is 1. The van der Waals surface area contributed by atoms with Gasteiger partial charge in [-0.2, -0.15) is 0 Å². The standard InChI is InChI=1S/C18H19N3O/c19-9-8-14-12-20-17-7-6-13(10-16(14)17)11-18(22)21-15-4-2-1-3-5-15/h1-7,10,12,20H,8-9,11,19H2,(H,21,22). The van der Waals surface area contributed by atoms with Crippen molar-refractivity contribution in [3.05, 3.63) is 65.9 Å². The van der Waals surface area contributed by atoms with E-state index >= 15 is 0 Å². The highest BCUT2D eigenvalue weighted by Crippen LogP contribution is 2.20. The summed E-state index contributed by atoms with van der Waals surface area (Å²) in [5, 5.41) is 4.05. The number of nitrogens with two attached hydrogens (primary N) is 1. The molecule has 0 aliphatic heterocycles. The molecule has 0 aliphatic rings. The summed E-state index contributed by atoms with van der Waals surface area (Å²) in [5.74, 6) is -0.0125. The van der Waals surface area contributed by atoms with Crippen molar-refractivity contribution in [2.45, 2.75) is 12.8 Å². The van der Waals surface area contributed by atoms with Crippen LogP contribution in [0.3, 0.4) is 0 Å². The lowest BCUT2D eigenvalue weighted by Gasteiger charge is -2.06. The number of carbonyl (C=O) groups excluding carboxylic acids is 1. The molecule has 0 radical (unpaired) electrons. The van der Waals surface area contributed by atoms with Crippen molar-refractivity contribution in [2.24, 2.45) is 5.73 Å². The number of nitrogens with one attached hydrogen (secondary N) is 2. The van der Waals surface area contributed by atoms with Crippen LogP contribution in [0, 0.1) is 0 Å². The number of amides is 1. The molecule has 0 atom stereocenters. The molecule has 0 aliphatic carbocycles. The van der Waals surface area contributed by atoms with Gasteiger partial charge in [-0.15, -0.1) is 0 Å². The Morgan fingerprint density at radius 1 is 1.14 bits per heavy atom. The van der Waals surface area contributed by atoms with Crippen LogP contribution in [0.2, 0.25) is 0 Å². The molecule has 1 heterocycles. The fourth-order valence-electron chi connectivity index (χ4n) is 2.61. The zero-order valence-electron chi connectivity index (χ0n) is 12.3. The van der Waals surface area contributed by atoms with E-state index in [1.165, 1.54) is 5.56 Å². The molecule has 0 bridgehead atoms. The summed E-state index contributed by atoms with van der Waals surface area (Å²) in [6.07, 6.45) is 3.18. The van der Waals surface area contributed by atoms with Crippen molar-refractivity contribution in [1.82, 2.24) is 4.98 Å². The summed E-state index contributed by atoms with van der Waals surface area (Å²) in [4.78, 5) is 15.4. The van der Waals surface area contributed by atoms with E-state index in [9.17, 15) is 4.79 Å². The van der Waals surface area contributed by atoms with E-state index in [4.69, 9.17) is 5.73 Å². The van der Waals surface area contributed by atoms with Crippen LogP contribution in [0.4, 0.5) is 5.69 Å². The van der Waals surface area contributed by atoms with Gasteiger partial charge in [-0.1, -0.05) is 24.3 Å². The molecule has 0 saturated carbocycles. The third kappa shape index (κ3) is 3.18. The Kier molecular flexibility index (Phi) is 4.21. The smallest absolute Gasteiger partial charge is 0.228 e. The molecule has 4 N–H and O–H groups in total. The SMILES string of the molecule is NCCc1c[nH]c2ccc(CC(=O)Nc3ccccc3)cc12. The second-order valence-corrected chi connectivity index (χ2v) is 5.32. The lowest BCUT2D eigenvalue weighted by molar-refractivity contribution is -0.115. The Balaban J connectivity index is 1.75. The predicted octanol–water partition coefficient (Wildman–Crippen LogP) is 2.85. The van der Waals surface area contributed by atoms with Crippen molar-refractivity contribution >= 4 is 22.5 Å². The minimum absolute atomic E-state index is 0.0125. The number of para-hydroxylation sites is 1. The first kappa shape index (κ1) is 14.4. The van der Waals surface area contributed by atoms with E-state index in [1.807, 2.05) is 48.7 Å². The fourth-order valence-corrected chi connectivity index (χ4v) is 2.61. The number of hydrogen-bond acceptors (Lipinski definition) is 2. The second-order valence-electron chi connectivity index (χ2n) is 5.32. The molecule has 3 rings (SSSR count). The Morgan fingerprint density at radius 3 is 2.73 bits per heavy atom. The van der Waals surface area contributed by atoms with Gasteiger partial charge in [-0.25, -0.2) is 0 Å². The molecule has 0 saturated heterocycles. The molecule has 4 nitrogen and oxygen atoms in total. The number of aromatic nitrogens is 1. The zero-order valence-corrected chi connectivity index (χ0v) is 12.3. The van der Waals surface area contributed by atoms with Crippen LogP contribution in [0.15, 0.2) is 54.7 Å². The minimum atomic E-state index is -0.0125. The minimum Gasteiger partial charge on any atom is -0.361 e. The van der Waals surface area contributed by atoms with Crippen LogP contribution in [-0.2, 0) is 17.6 Å². The number of rotatable bonds is 5. The third-order valence-electron chi connectivity index (χ3n) is 3.67. The fraction of sp³-hybridized carbons (Fsp3) is 0.167. The van der Waals surface area contributed by atoms with Crippen molar-refractivity contribution in [3.63, 3.8) is 0 Å². The van der Waals surface area contributed by atoms with Gasteiger partial charge in [0.25, 0.3) is 0 Å². The van der Waals surface area contributed by atoms with Gasteiger partial charge >= 0.3 is 0 Å². The highest BCUT2D eigenvalue weighted by Gasteiger charge is 2.08. The molecule has 0 spiro atoms. The van der Waals surface area contributed by atoms with Crippen LogP contribution in [0.5, 0.6) is 0 Å². The Bertz CT molecular complexity index is 777. The molecule has 3 aromatic rings. The first-order valence-corrected chi connectivity index (χ1v) is 7.40. The largest absolute Gasteiger partial charge is 0.361 e. The Hall–Kier alpha value is -2.59. The summed E-state index contributed by atoms with van der Waals surface area (Å²) in [5.41, 5.74) is 9.73. The number of hydrogen-bond donors (Lipinski definition) is 3. The van der Waals surface area contributed by atoms with Gasteiger partial charge in [-0.05, 0) is 48.4 Å². The molecule has 4 heteroatoms. The first-order chi connectivity index (χ1) is 10.8. The topological polar surface area (TPSA) is 70.9 Å². The van der Waals surface area contributed by atoms with E-state index in [0.717, 1.165) is 28.6 Å². The van der Waals surface area contributed by atoms with E-state index in [2.05, 4.69) is 16.4 Å². The number of carbonyl (C=O) groups is 1. The van der Waals surface area contributed by atoms with Gasteiger partial charge in [-0.3, -0.25) is 4.79 Å². The summed E-state index contributed by atoms with van der Waals surface area (Å²) < 4.78 is 0. The molecule has 2 aromatic carbocycles. The molecule has 22 heavy (non-hydrogen) atoms. The summed E-state index contributed by atoms with van der Waals surface area (Å²) >= 11 is 0. The summed E-state index contributed by atoms with van der Waals surface area (Å²) in [7, 11) is 0. The van der Waals surface area contributed by atoms with Crippen LogP contribution in [-0.4, -0.2) is 17.4 Å². The normalized spacial score (nSPS) is 10.8. The van der Waals surface area contributed by atoms with E-state index in [0.29, 0.717) is 13.0 Å². The van der Waals surface area contributed by atoms with Gasteiger partial charge in [0.1, 0.15) is 0 Å². The van der Waals surface area contributed by atoms with E-state index < -0.39 is 0 Å². The van der Waals surface area contributed by atoms with Crippen molar-refractivity contribution in [3.8, 4) is 0 Å². The molecule has 0 fully saturated rings. The third-order valence-corrected chi connectivity index (χ3v) is 3.67. The molecule has 1 amide bonds. The second kappa shape index (κ2) is 6.45. The number of aromatic amines is 1. The lowest BCUT2D eigenvalue weighted by atomic mass is 10.1. The summed E-state index contributed by atoms with van der Waals surface area (Å²) in [6, 6.07) is 15.6. The van der Waals surface area contributed by atoms with Gasteiger partial charge in [0.15, 0.2) is 0 Å². The van der Waals surface area contributed by atoms with Crippen molar-refractivity contribution in [1.29, 1.82) is 0 Å². The quantitative estimate of drug-likeness (QED) is 0.677. The average Bonchev–Trinajstić information content (AvgIpc) is 2.91. The van der Waals surface area contributed by atoms with Crippen molar-refractivity contribution < 1.29 is 4.79 Å². The van der Waals surface area contributed by atoms with E-state index in [-0.39, 0.29) is 5.91 Å². The van der Waals surface area contributed by atoms with Crippen molar-refractivity contribution in [2.75, 3.05) is 11.9 Å². The van der Waals surface area contributed by atoms with Crippen LogP contribution >= 0.6 is 0 Å². The number of benzene rings is 2. The molecular weight excluding hydrogens is 274 g/mol. The number of H-pyrrole nitrogens is 1. The van der Waals surface area contributed by atoms with Crippen LogP contribution in [0.1, 0.15) is 11.1 Å².